The molecule has 1 rings (SSSR count). The number of Topliss-reactive ketones (excluding diaryl/α,β-unsaturated/α-hetero) is 1. The third-order valence-electron chi connectivity index (χ3n) is 2.42. The highest BCUT2D eigenvalue weighted by Crippen LogP contribution is 2.22. The Morgan fingerprint density at radius 2 is 2.12 bits per heavy atom. The van der Waals surface area contributed by atoms with Gasteiger partial charge in [-0.3, -0.25) is 4.79 Å². The average molecular weight is 230 g/mol. The summed E-state index contributed by atoms with van der Waals surface area (Å²) in [5.41, 5.74) is 1.72. The first-order chi connectivity index (χ1) is 8.22. The van der Waals surface area contributed by atoms with Gasteiger partial charge in [0.2, 0.25) is 0 Å². The van der Waals surface area contributed by atoms with Crippen molar-refractivity contribution in [2.45, 2.75) is 19.8 Å². The van der Waals surface area contributed by atoms with Crippen LogP contribution in [-0.4, -0.2) is 12.4 Å². The minimum Gasteiger partial charge on any atom is -0.489 e. The van der Waals surface area contributed by atoms with E-state index in [2.05, 4.69) is 13.2 Å². The summed E-state index contributed by atoms with van der Waals surface area (Å²) >= 11 is 0. The number of allylic oxidation sites excluding steroid dienone is 1. The van der Waals surface area contributed by atoms with Crippen molar-refractivity contribution < 1.29 is 9.53 Å². The van der Waals surface area contributed by atoms with E-state index >= 15 is 0 Å². The smallest absolute Gasteiger partial charge is 0.162 e. The number of rotatable bonds is 7. The van der Waals surface area contributed by atoms with Crippen LogP contribution in [0.2, 0.25) is 0 Å². The van der Waals surface area contributed by atoms with Crippen molar-refractivity contribution in [3.05, 3.63) is 54.6 Å². The molecule has 0 bridgehead atoms. The summed E-state index contributed by atoms with van der Waals surface area (Å²) in [6, 6.07) is 5.52. The van der Waals surface area contributed by atoms with E-state index < -0.39 is 0 Å². The summed E-state index contributed by atoms with van der Waals surface area (Å²) in [6.07, 6.45) is 4.71. The van der Waals surface area contributed by atoms with Gasteiger partial charge in [-0.2, -0.15) is 0 Å². The molecular weight excluding hydrogens is 212 g/mol. The lowest BCUT2D eigenvalue weighted by molar-refractivity contribution is 0.0988. The summed E-state index contributed by atoms with van der Waals surface area (Å²) < 4.78 is 5.53. The van der Waals surface area contributed by atoms with Crippen molar-refractivity contribution in [2.24, 2.45) is 0 Å². The van der Waals surface area contributed by atoms with Gasteiger partial charge in [-0.05, 0) is 30.2 Å². The fourth-order valence-corrected chi connectivity index (χ4v) is 1.56. The molecule has 0 saturated heterocycles. The molecule has 0 aliphatic heterocycles. The normalized spacial score (nSPS) is 9.71. The van der Waals surface area contributed by atoms with Crippen LogP contribution in [0.1, 0.15) is 29.3 Å². The molecule has 2 nitrogen and oxygen atoms in total. The number of ether oxygens (including phenoxy) is 1. The lowest BCUT2D eigenvalue weighted by atomic mass is 10.0. The molecule has 0 amide bonds. The zero-order valence-corrected chi connectivity index (χ0v) is 10.2. The van der Waals surface area contributed by atoms with Crippen LogP contribution in [0.3, 0.4) is 0 Å². The van der Waals surface area contributed by atoms with E-state index in [1.807, 2.05) is 19.1 Å². The highest BCUT2D eigenvalue weighted by Gasteiger charge is 2.08. The Hall–Kier alpha value is -1.83. The molecule has 0 saturated carbocycles. The second-order valence-corrected chi connectivity index (χ2v) is 3.69. The second kappa shape index (κ2) is 6.69. The topological polar surface area (TPSA) is 26.3 Å². The van der Waals surface area contributed by atoms with Gasteiger partial charge >= 0.3 is 0 Å². The fourth-order valence-electron chi connectivity index (χ4n) is 1.56. The van der Waals surface area contributed by atoms with Gasteiger partial charge in [0, 0.05) is 12.0 Å². The molecule has 0 N–H and O–H groups in total. The van der Waals surface area contributed by atoms with Crippen LogP contribution in [0.5, 0.6) is 5.75 Å². The van der Waals surface area contributed by atoms with Crippen molar-refractivity contribution in [2.75, 3.05) is 6.61 Å². The lowest BCUT2D eigenvalue weighted by Crippen LogP contribution is -2.01. The van der Waals surface area contributed by atoms with Gasteiger partial charge in [0.1, 0.15) is 12.4 Å². The number of ketones is 1. The van der Waals surface area contributed by atoms with Crippen LogP contribution in [0.15, 0.2) is 43.5 Å². The molecule has 0 unspecified atom stereocenters. The summed E-state index contributed by atoms with van der Waals surface area (Å²) in [7, 11) is 0. The number of benzene rings is 1. The van der Waals surface area contributed by atoms with Crippen molar-refractivity contribution >= 4 is 5.78 Å². The number of hydrogen-bond donors (Lipinski definition) is 0. The zero-order chi connectivity index (χ0) is 12.7. The molecule has 0 atom stereocenters. The summed E-state index contributed by atoms with van der Waals surface area (Å²) in [5.74, 6) is 0.933. The zero-order valence-electron chi connectivity index (χ0n) is 10.2. The van der Waals surface area contributed by atoms with Crippen LogP contribution in [0.25, 0.3) is 0 Å². The third kappa shape index (κ3) is 3.59. The van der Waals surface area contributed by atoms with E-state index in [4.69, 9.17) is 4.74 Å². The fraction of sp³-hybridized carbons (Fsp3) is 0.267. The van der Waals surface area contributed by atoms with E-state index in [1.165, 1.54) is 0 Å². The maximum Gasteiger partial charge on any atom is 0.162 e. The van der Waals surface area contributed by atoms with E-state index in [0.717, 1.165) is 16.9 Å². The lowest BCUT2D eigenvalue weighted by Gasteiger charge is -2.10. The first-order valence-corrected chi connectivity index (χ1v) is 5.73. The molecule has 0 spiro atoms. The molecule has 0 aliphatic rings. The predicted octanol–water partition coefficient (Wildman–Crippen LogP) is 3.57. The van der Waals surface area contributed by atoms with Gasteiger partial charge in [0.05, 0.1) is 0 Å². The Bertz CT molecular complexity index is 419. The molecule has 2 heteroatoms. The summed E-state index contributed by atoms with van der Waals surface area (Å²) in [5, 5.41) is 0. The van der Waals surface area contributed by atoms with Gasteiger partial charge in [-0.1, -0.05) is 25.7 Å². The quantitative estimate of drug-likeness (QED) is 0.528. The maximum absolute atomic E-state index is 11.6. The molecule has 0 heterocycles. The first-order valence-electron chi connectivity index (χ1n) is 5.73. The Morgan fingerprint density at radius 3 is 2.71 bits per heavy atom. The standard InChI is InChI=1S/C15H18O2/c1-4-7-13-11-12(14(16)6-3)8-9-15(13)17-10-5-2/h4-5,8-9,11H,1-2,6-7,10H2,3H3. The van der Waals surface area contributed by atoms with Crippen molar-refractivity contribution in [1.29, 1.82) is 0 Å². The molecular formula is C15H18O2. The average Bonchev–Trinajstić information content (AvgIpc) is 2.36. The summed E-state index contributed by atoms with van der Waals surface area (Å²) in [4.78, 5) is 11.6. The molecule has 1 aromatic carbocycles. The van der Waals surface area contributed by atoms with Crippen molar-refractivity contribution in [3.63, 3.8) is 0 Å². The Balaban J connectivity index is 3.02. The Kier molecular flexibility index (Phi) is 5.21. The van der Waals surface area contributed by atoms with E-state index in [9.17, 15) is 4.79 Å². The van der Waals surface area contributed by atoms with Gasteiger partial charge in [0.15, 0.2) is 5.78 Å². The third-order valence-corrected chi connectivity index (χ3v) is 2.42. The molecule has 17 heavy (non-hydrogen) atoms. The minimum atomic E-state index is 0.144. The SMILES string of the molecule is C=CCOc1ccc(C(=O)CC)cc1CC=C. The molecule has 90 valence electrons. The number of carbonyl (C=O) groups excluding carboxylic acids is 1. The van der Waals surface area contributed by atoms with Crippen LogP contribution in [0.4, 0.5) is 0 Å². The van der Waals surface area contributed by atoms with Gasteiger partial charge < -0.3 is 4.74 Å². The molecule has 0 aliphatic carbocycles. The number of carbonyl (C=O) groups is 1. The highest BCUT2D eigenvalue weighted by atomic mass is 16.5. The summed E-state index contributed by atoms with van der Waals surface area (Å²) in [6.45, 7) is 9.64. The molecule has 0 fully saturated rings. The van der Waals surface area contributed by atoms with Crippen LogP contribution in [0, 0.1) is 0 Å². The van der Waals surface area contributed by atoms with Crippen molar-refractivity contribution in [1.82, 2.24) is 0 Å². The first kappa shape index (κ1) is 13.2. The monoisotopic (exact) mass is 230 g/mol. The maximum atomic E-state index is 11.6. The highest BCUT2D eigenvalue weighted by molar-refractivity contribution is 5.96. The Morgan fingerprint density at radius 1 is 1.35 bits per heavy atom. The van der Waals surface area contributed by atoms with Crippen LogP contribution >= 0.6 is 0 Å². The molecule has 0 radical (unpaired) electrons. The van der Waals surface area contributed by atoms with Gasteiger partial charge in [-0.15, -0.1) is 6.58 Å². The van der Waals surface area contributed by atoms with E-state index in [-0.39, 0.29) is 5.78 Å². The van der Waals surface area contributed by atoms with Gasteiger partial charge in [0.25, 0.3) is 0 Å². The Labute approximate surface area is 103 Å². The van der Waals surface area contributed by atoms with Crippen molar-refractivity contribution in [3.8, 4) is 5.75 Å². The predicted molar refractivity (Wildman–Crippen MR) is 70.7 cm³/mol. The second-order valence-electron chi connectivity index (χ2n) is 3.69. The van der Waals surface area contributed by atoms with Crippen LogP contribution in [-0.2, 0) is 6.42 Å². The molecule has 1 aromatic rings. The largest absolute Gasteiger partial charge is 0.489 e. The van der Waals surface area contributed by atoms with E-state index in [0.29, 0.717) is 19.4 Å². The van der Waals surface area contributed by atoms with Gasteiger partial charge in [-0.25, -0.2) is 0 Å². The van der Waals surface area contributed by atoms with E-state index in [1.54, 1.807) is 18.2 Å². The number of hydrogen-bond acceptors (Lipinski definition) is 2. The molecule has 0 aromatic heterocycles. The van der Waals surface area contributed by atoms with Crippen LogP contribution < -0.4 is 4.74 Å². The minimum absolute atomic E-state index is 0.144.